The summed E-state index contributed by atoms with van der Waals surface area (Å²) in [7, 11) is 0. The minimum atomic E-state index is -2.24. The van der Waals surface area contributed by atoms with E-state index in [2.05, 4.69) is 0 Å². The maximum atomic E-state index is 14.4. The van der Waals surface area contributed by atoms with Gasteiger partial charge in [-0.15, -0.1) is 0 Å². The average molecular weight is 1180 g/mol. The van der Waals surface area contributed by atoms with Crippen LogP contribution in [-0.2, 0) is 107 Å². The smallest absolute Gasteiger partial charge is 0.308 e. The second-order valence-corrected chi connectivity index (χ2v) is 31.7. The summed E-state index contributed by atoms with van der Waals surface area (Å²) in [6.07, 6.45) is -6.05. The summed E-state index contributed by atoms with van der Waals surface area (Å²) in [4.78, 5) is 56.7. The number of carbonyl (C=O) groups is 4. The lowest BCUT2D eigenvalue weighted by Crippen LogP contribution is -2.48. The molecule has 13 nitrogen and oxygen atoms in total. The molecule has 0 fully saturated rings. The summed E-state index contributed by atoms with van der Waals surface area (Å²) >= 11 is 0. The van der Waals surface area contributed by atoms with Gasteiger partial charge in [0.25, 0.3) is 0 Å². The van der Waals surface area contributed by atoms with Gasteiger partial charge >= 0.3 is 23.9 Å². The molecule has 85 heavy (non-hydrogen) atoms. The lowest BCUT2D eigenvalue weighted by atomic mass is 9.78. The van der Waals surface area contributed by atoms with Gasteiger partial charge in [0.2, 0.25) is 12.4 Å². The molecule has 0 saturated heterocycles. The second-order valence-electron chi connectivity index (χ2n) is 31.7. The number of aliphatic hydroxyl groups is 1. The number of esters is 4. The summed E-state index contributed by atoms with van der Waals surface area (Å²) in [5, 5.41) is 57.8. The van der Waals surface area contributed by atoms with Crippen LogP contribution in [0.5, 0.6) is 23.0 Å². The lowest BCUT2D eigenvalue weighted by Gasteiger charge is -2.30. The molecule has 3 atom stereocenters. The molecule has 0 radical (unpaired) electrons. The predicted octanol–water partition coefficient (Wildman–Crippen LogP) is 14.9. The second kappa shape index (κ2) is 26.5. The van der Waals surface area contributed by atoms with Gasteiger partial charge in [-0.1, -0.05) is 215 Å². The fourth-order valence-electron chi connectivity index (χ4n) is 10.4. The predicted molar refractivity (Wildman–Crippen MR) is 338 cm³/mol. The molecule has 0 aromatic heterocycles. The zero-order chi connectivity index (χ0) is 65.1. The molecule has 4 aromatic rings. The van der Waals surface area contributed by atoms with Gasteiger partial charge < -0.3 is 44.5 Å². The van der Waals surface area contributed by atoms with Gasteiger partial charge in [-0.2, -0.15) is 0 Å². The lowest BCUT2D eigenvalue weighted by molar-refractivity contribution is -0.222. The summed E-state index contributed by atoms with van der Waals surface area (Å²) in [5.74, 6) is -2.51. The standard InChI is InChI=1S/C72H106O13/c1-65(2,3)46-33-42(34-47(59(46)77)66(4,5)6)25-29-55(73)82-41-54(83-56(74)30-26-43-35-48(67(7,8)9)60(78)49(36-43)68(10,11)12)63(84-57(75)31-27-44-37-50(69(13,14)15)61(79)51(38-44)70(16,17)18)64(81)85-58(76)32-28-45-39-52(71(19,20)21)62(80)53(40-45)72(22,23)24/h33-40,54,63-64,77-81H,25-32,41H2,1-24H3. The van der Waals surface area contributed by atoms with Crippen LogP contribution in [-0.4, -0.2) is 74.5 Å². The summed E-state index contributed by atoms with van der Waals surface area (Å²) < 4.78 is 23.8. The molecule has 0 aliphatic heterocycles. The zero-order valence-corrected chi connectivity index (χ0v) is 56.2. The van der Waals surface area contributed by atoms with Crippen molar-refractivity contribution in [3.8, 4) is 23.0 Å². The van der Waals surface area contributed by atoms with Crippen molar-refractivity contribution < 1.29 is 63.7 Å². The van der Waals surface area contributed by atoms with Crippen LogP contribution in [0.25, 0.3) is 0 Å². The first-order chi connectivity index (χ1) is 38.4. The normalized spacial score (nSPS) is 14.1. The quantitative estimate of drug-likeness (QED) is 0.0337. The average Bonchev–Trinajstić information content (AvgIpc) is 1.79. The number of hydrogen-bond acceptors (Lipinski definition) is 13. The molecule has 0 aliphatic rings. The first-order valence-electron chi connectivity index (χ1n) is 30.3. The minimum absolute atomic E-state index is 0.137. The number of hydrogen-bond donors (Lipinski definition) is 5. The number of rotatable bonds is 19. The number of aryl methyl sites for hydroxylation is 4. The van der Waals surface area contributed by atoms with Crippen LogP contribution in [0, 0.1) is 0 Å². The van der Waals surface area contributed by atoms with E-state index in [1.165, 1.54) is 0 Å². The highest BCUT2D eigenvalue weighted by Gasteiger charge is 2.40. The van der Waals surface area contributed by atoms with Gasteiger partial charge in [0.1, 0.15) is 29.6 Å². The Morgan fingerprint density at radius 3 is 0.753 bits per heavy atom. The van der Waals surface area contributed by atoms with Crippen molar-refractivity contribution in [3.63, 3.8) is 0 Å². The number of aliphatic hydroxyl groups excluding tert-OH is 1. The van der Waals surface area contributed by atoms with E-state index >= 15 is 0 Å². The molecule has 0 spiro atoms. The van der Waals surface area contributed by atoms with Crippen molar-refractivity contribution in [1.29, 1.82) is 0 Å². The Labute approximate surface area is 509 Å². The third kappa shape index (κ3) is 19.7. The van der Waals surface area contributed by atoms with E-state index in [0.29, 0.717) is 33.4 Å². The van der Waals surface area contributed by atoms with Crippen LogP contribution in [0.15, 0.2) is 48.5 Å². The number of benzene rings is 4. The van der Waals surface area contributed by atoms with Crippen molar-refractivity contribution in [3.05, 3.63) is 115 Å². The Bertz CT molecular complexity index is 2890. The van der Waals surface area contributed by atoms with Gasteiger partial charge in [-0.25, -0.2) is 0 Å². The third-order valence-corrected chi connectivity index (χ3v) is 15.5. The molecular weight excluding hydrogens is 1070 g/mol. The monoisotopic (exact) mass is 1180 g/mol. The van der Waals surface area contributed by atoms with Crippen LogP contribution < -0.4 is 0 Å². The van der Waals surface area contributed by atoms with Crippen LogP contribution in [0.2, 0.25) is 0 Å². The highest BCUT2D eigenvalue weighted by atomic mass is 16.7. The molecule has 0 heterocycles. The SMILES string of the molecule is CC(C)(C)c1cc(CCC(=O)OCC(OC(=O)CCc2cc(C(C)(C)C)c(O)c(C(C)(C)C)c2)C(OC(=O)CCc2cc(C(C)(C)C)c(O)c(C(C)(C)C)c2)C(O)OC(=O)CCc2cc(C(C)(C)C)c(O)c(C(C)(C)C)c2)cc(C(C)(C)C)c1O. The summed E-state index contributed by atoms with van der Waals surface area (Å²) in [6, 6.07) is 14.9. The van der Waals surface area contributed by atoms with E-state index < -0.39 is 92.3 Å². The molecule has 0 saturated carbocycles. The van der Waals surface area contributed by atoms with E-state index in [1.54, 1.807) is 0 Å². The number of carbonyl (C=O) groups excluding carboxylic acids is 4. The van der Waals surface area contributed by atoms with E-state index in [-0.39, 0.29) is 74.4 Å². The molecule has 4 rings (SSSR count). The van der Waals surface area contributed by atoms with E-state index in [9.17, 15) is 44.7 Å². The van der Waals surface area contributed by atoms with Gasteiger partial charge in [-0.05, 0) is 136 Å². The topological polar surface area (TPSA) is 206 Å². The molecule has 5 N–H and O–H groups in total. The van der Waals surface area contributed by atoms with Crippen molar-refractivity contribution in [2.24, 2.45) is 0 Å². The number of aromatic hydroxyl groups is 4. The fraction of sp³-hybridized carbons (Fsp3) is 0.611. The number of phenols is 4. The van der Waals surface area contributed by atoms with Crippen LogP contribution in [0.1, 0.15) is 259 Å². The van der Waals surface area contributed by atoms with E-state index in [4.69, 9.17) is 18.9 Å². The van der Waals surface area contributed by atoms with Crippen LogP contribution in [0.3, 0.4) is 0 Å². The first kappa shape index (κ1) is 71.4. The molecule has 0 amide bonds. The Balaban J connectivity index is 1.80. The molecule has 0 aliphatic carbocycles. The Kier molecular flexibility index (Phi) is 22.3. The molecule has 13 heteroatoms. The molecule has 472 valence electrons. The van der Waals surface area contributed by atoms with Crippen molar-refractivity contribution in [2.45, 2.75) is 279 Å². The summed E-state index contributed by atoms with van der Waals surface area (Å²) in [6.45, 7) is 47.1. The minimum Gasteiger partial charge on any atom is -0.507 e. The van der Waals surface area contributed by atoms with E-state index in [0.717, 1.165) is 33.4 Å². The third-order valence-electron chi connectivity index (χ3n) is 15.5. The highest BCUT2D eigenvalue weighted by molar-refractivity contribution is 5.73. The fourth-order valence-corrected chi connectivity index (χ4v) is 10.4. The van der Waals surface area contributed by atoms with Crippen LogP contribution >= 0.6 is 0 Å². The van der Waals surface area contributed by atoms with Crippen LogP contribution in [0.4, 0.5) is 0 Å². The number of ether oxygens (including phenoxy) is 4. The summed E-state index contributed by atoms with van der Waals surface area (Å²) in [5.41, 5.74) is 5.11. The molecule has 3 unspecified atom stereocenters. The van der Waals surface area contributed by atoms with Gasteiger partial charge in [-0.3, -0.25) is 19.2 Å². The highest BCUT2D eigenvalue weighted by Crippen LogP contribution is 2.44. The van der Waals surface area contributed by atoms with Gasteiger partial charge in [0, 0.05) is 25.7 Å². The maximum Gasteiger partial charge on any atom is 0.308 e. The van der Waals surface area contributed by atoms with Crippen molar-refractivity contribution >= 4 is 23.9 Å². The zero-order valence-electron chi connectivity index (χ0n) is 56.2. The van der Waals surface area contributed by atoms with Crippen molar-refractivity contribution in [1.82, 2.24) is 0 Å². The Morgan fingerprint density at radius 2 is 0.529 bits per heavy atom. The van der Waals surface area contributed by atoms with E-state index in [1.807, 2.05) is 215 Å². The number of phenolic OH excluding ortho intramolecular Hbond substituents is 4. The molecule has 0 bridgehead atoms. The first-order valence-corrected chi connectivity index (χ1v) is 30.3. The van der Waals surface area contributed by atoms with Gasteiger partial charge in [0.15, 0.2) is 6.10 Å². The van der Waals surface area contributed by atoms with Gasteiger partial charge in [0.05, 0.1) is 0 Å². The molecular formula is C72H106O13. The largest absolute Gasteiger partial charge is 0.507 e. The maximum absolute atomic E-state index is 14.4. The Hall–Kier alpha value is -6.08. The van der Waals surface area contributed by atoms with Crippen molar-refractivity contribution in [2.75, 3.05) is 6.61 Å². The molecule has 4 aromatic carbocycles. The Morgan fingerprint density at radius 1 is 0.329 bits per heavy atom.